The molecule has 4 rings (SSSR count). The average Bonchev–Trinajstić information content (AvgIpc) is 2.93. The molecule has 3 fully saturated rings. The number of Topliss-reactive ketones (excluding diaryl/α,β-unsaturated/α-hetero) is 1. The van der Waals surface area contributed by atoms with E-state index in [1.54, 1.807) is 11.1 Å². The molecule has 0 aromatic heterocycles. The molecule has 0 N–H and O–H groups in total. The highest BCUT2D eigenvalue weighted by atomic mass is 16.5. The van der Waals surface area contributed by atoms with Gasteiger partial charge in [0.25, 0.3) is 0 Å². The third kappa shape index (κ3) is 2.83. The van der Waals surface area contributed by atoms with Crippen molar-refractivity contribution < 1.29 is 14.3 Å². The Bertz CT molecular complexity index is 692. The second-order valence-corrected chi connectivity index (χ2v) is 10.5. The Balaban J connectivity index is 1.64. The monoisotopic (exact) mass is 372 g/mol. The maximum absolute atomic E-state index is 12.3. The van der Waals surface area contributed by atoms with Crippen molar-refractivity contribution >= 4 is 11.8 Å². The van der Waals surface area contributed by atoms with Crippen LogP contribution in [0, 0.1) is 34.5 Å². The second kappa shape index (κ2) is 6.46. The smallest absolute Gasteiger partial charge is 0.302 e. The standard InChI is InChI=1S/C24H36O3/c1-14-12-18-20-7-6-19(15(2)25)23(20,4)11-9-21(18)24(5)10-8-17(13-22(14)24)27-16(3)26/h17-21H,6-13H2,1-5H3. The third-order valence-corrected chi connectivity index (χ3v) is 9.24. The Labute approximate surface area is 164 Å². The van der Waals surface area contributed by atoms with E-state index in [-0.39, 0.29) is 28.8 Å². The molecule has 0 bridgehead atoms. The lowest BCUT2D eigenvalue weighted by atomic mass is 9.46. The second-order valence-electron chi connectivity index (χ2n) is 10.5. The molecule has 4 aliphatic rings. The number of carbonyl (C=O) groups excluding carboxylic acids is 2. The summed E-state index contributed by atoms with van der Waals surface area (Å²) in [5.41, 5.74) is 3.62. The van der Waals surface area contributed by atoms with Crippen LogP contribution in [0.1, 0.15) is 86.0 Å². The average molecular weight is 373 g/mol. The molecule has 7 atom stereocenters. The molecule has 0 aromatic carbocycles. The number of ketones is 1. The van der Waals surface area contributed by atoms with Gasteiger partial charge in [-0.2, -0.15) is 0 Å². The summed E-state index contributed by atoms with van der Waals surface area (Å²) in [6, 6.07) is 0. The van der Waals surface area contributed by atoms with E-state index in [0.717, 1.165) is 37.5 Å². The first-order valence-corrected chi connectivity index (χ1v) is 11.0. The predicted octanol–water partition coefficient (Wildman–Crippen LogP) is 5.48. The van der Waals surface area contributed by atoms with Crippen LogP contribution in [0.5, 0.6) is 0 Å². The molecular formula is C24H36O3. The van der Waals surface area contributed by atoms with Gasteiger partial charge in [0, 0.05) is 19.3 Å². The van der Waals surface area contributed by atoms with Crippen molar-refractivity contribution in [1.82, 2.24) is 0 Å². The summed E-state index contributed by atoms with van der Waals surface area (Å²) in [7, 11) is 0. The van der Waals surface area contributed by atoms with Gasteiger partial charge in [-0.15, -0.1) is 0 Å². The van der Waals surface area contributed by atoms with Gasteiger partial charge >= 0.3 is 5.97 Å². The van der Waals surface area contributed by atoms with E-state index in [0.29, 0.717) is 11.7 Å². The predicted molar refractivity (Wildman–Crippen MR) is 106 cm³/mol. The van der Waals surface area contributed by atoms with E-state index in [4.69, 9.17) is 4.74 Å². The van der Waals surface area contributed by atoms with Gasteiger partial charge in [0.1, 0.15) is 11.9 Å². The summed E-state index contributed by atoms with van der Waals surface area (Å²) < 4.78 is 5.58. The van der Waals surface area contributed by atoms with Crippen LogP contribution in [-0.4, -0.2) is 17.9 Å². The van der Waals surface area contributed by atoms with Gasteiger partial charge < -0.3 is 4.74 Å². The normalized spacial score (nSPS) is 46.3. The molecule has 0 amide bonds. The Kier molecular flexibility index (Phi) is 4.59. The molecule has 3 saturated carbocycles. The van der Waals surface area contributed by atoms with Crippen molar-refractivity contribution in [2.24, 2.45) is 34.5 Å². The summed E-state index contributed by atoms with van der Waals surface area (Å²) in [6.45, 7) is 10.6. The lowest BCUT2D eigenvalue weighted by molar-refractivity contribution is -0.149. The number of rotatable bonds is 2. The van der Waals surface area contributed by atoms with Gasteiger partial charge in [-0.1, -0.05) is 25.0 Å². The molecular weight excluding hydrogens is 336 g/mol. The molecule has 150 valence electrons. The van der Waals surface area contributed by atoms with E-state index < -0.39 is 0 Å². The Morgan fingerprint density at radius 3 is 2.37 bits per heavy atom. The Morgan fingerprint density at radius 2 is 1.70 bits per heavy atom. The first-order chi connectivity index (χ1) is 12.7. The molecule has 3 heteroatoms. The van der Waals surface area contributed by atoms with Gasteiger partial charge in [-0.25, -0.2) is 0 Å². The molecule has 0 heterocycles. The summed E-state index contributed by atoms with van der Waals surface area (Å²) in [6.07, 6.45) is 9.12. The van der Waals surface area contributed by atoms with Gasteiger partial charge in [0.2, 0.25) is 0 Å². The first-order valence-electron chi connectivity index (χ1n) is 11.0. The quantitative estimate of drug-likeness (QED) is 0.476. The van der Waals surface area contributed by atoms with Crippen molar-refractivity contribution in [2.75, 3.05) is 0 Å². The van der Waals surface area contributed by atoms with Gasteiger partial charge in [-0.05, 0) is 87.4 Å². The maximum atomic E-state index is 12.3. The molecule has 4 aliphatic carbocycles. The Hall–Kier alpha value is -1.12. The van der Waals surface area contributed by atoms with Crippen LogP contribution in [0.2, 0.25) is 0 Å². The summed E-state index contributed by atoms with van der Waals surface area (Å²) in [4.78, 5) is 23.7. The highest BCUT2D eigenvalue weighted by molar-refractivity contribution is 5.79. The number of allylic oxidation sites excluding steroid dienone is 1. The van der Waals surface area contributed by atoms with Gasteiger partial charge in [0.15, 0.2) is 0 Å². The highest BCUT2D eigenvalue weighted by Crippen LogP contribution is 2.67. The molecule has 0 radical (unpaired) electrons. The largest absolute Gasteiger partial charge is 0.462 e. The maximum Gasteiger partial charge on any atom is 0.302 e. The van der Waals surface area contributed by atoms with E-state index in [9.17, 15) is 9.59 Å². The minimum atomic E-state index is -0.148. The molecule has 0 aromatic rings. The molecule has 3 nitrogen and oxygen atoms in total. The molecule has 27 heavy (non-hydrogen) atoms. The SMILES string of the molecule is CC(=O)OC1CCC2(C)C(=C(C)CC3C2CCC2(C)C(C(C)=O)CCC32)C1. The van der Waals surface area contributed by atoms with Crippen LogP contribution in [-0.2, 0) is 14.3 Å². The van der Waals surface area contributed by atoms with Crippen LogP contribution < -0.4 is 0 Å². The minimum absolute atomic E-state index is 0.0690. The fourth-order valence-electron chi connectivity index (χ4n) is 8.09. The van der Waals surface area contributed by atoms with Crippen molar-refractivity contribution in [3.63, 3.8) is 0 Å². The lowest BCUT2D eigenvalue weighted by Gasteiger charge is -2.59. The van der Waals surface area contributed by atoms with Crippen molar-refractivity contribution in [1.29, 1.82) is 0 Å². The number of carbonyl (C=O) groups is 2. The minimum Gasteiger partial charge on any atom is -0.462 e. The Morgan fingerprint density at radius 1 is 0.963 bits per heavy atom. The fraction of sp³-hybridized carbons (Fsp3) is 0.833. The number of esters is 1. The number of hydrogen-bond donors (Lipinski definition) is 0. The summed E-state index contributed by atoms with van der Waals surface area (Å²) >= 11 is 0. The molecule has 0 saturated heterocycles. The third-order valence-electron chi connectivity index (χ3n) is 9.24. The molecule has 0 spiro atoms. The number of hydrogen-bond acceptors (Lipinski definition) is 3. The molecule has 0 aliphatic heterocycles. The topological polar surface area (TPSA) is 43.4 Å². The summed E-state index contributed by atoms with van der Waals surface area (Å²) in [5.74, 6) is 2.71. The van der Waals surface area contributed by atoms with Crippen LogP contribution in [0.3, 0.4) is 0 Å². The van der Waals surface area contributed by atoms with Crippen molar-refractivity contribution in [3.8, 4) is 0 Å². The van der Waals surface area contributed by atoms with E-state index in [1.807, 2.05) is 6.92 Å². The van der Waals surface area contributed by atoms with Crippen molar-refractivity contribution in [3.05, 3.63) is 11.1 Å². The zero-order valence-corrected chi connectivity index (χ0v) is 17.8. The van der Waals surface area contributed by atoms with Gasteiger partial charge in [0.05, 0.1) is 0 Å². The first kappa shape index (κ1) is 19.2. The van der Waals surface area contributed by atoms with E-state index >= 15 is 0 Å². The van der Waals surface area contributed by atoms with Crippen LogP contribution >= 0.6 is 0 Å². The van der Waals surface area contributed by atoms with E-state index in [2.05, 4.69) is 20.8 Å². The van der Waals surface area contributed by atoms with Crippen LogP contribution in [0.15, 0.2) is 11.1 Å². The summed E-state index contributed by atoms with van der Waals surface area (Å²) in [5, 5.41) is 0. The fourth-order valence-corrected chi connectivity index (χ4v) is 8.09. The van der Waals surface area contributed by atoms with Crippen molar-refractivity contribution in [2.45, 2.75) is 92.1 Å². The lowest BCUT2D eigenvalue weighted by Crippen LogP contribution is -2.51. The zero-order valence-electron chi connectivity index (χ0n) is 17.8. The van der Waals surface area contributed by atoms with Gasteiger partial charge in [-0.3, -0.25) is 9.59 Å². The van der Waals surface area contributed by atoms with E-state index in [1.165, 1.54) is 32.6 Å². The highest BCUT2D eigenvalue weighted by Gasteiger charge is 2.60. The van der Waals surface area contributed by atoms with Crippen LogP contribution in [0.25, 0.3) is 0 Å². The number of fused-ring (bicyclic) bond motifs is 5. The van der Waals surface area contributed by atoms with Crippen LogP contribution in [0.4, 0.5) is 0 Å². The zero-order chi connectivity index (χ0) is 19.6. The molecule has 7 unspecified atom stereocenters. The number of ether oxygens (including phenoxy) is 1.